The highest BCUT2D eigenvalue weighted by Crippen LogP contribution is 2.14. The van der Waals surface area contributed by atoms with Crippen LogP contribution >= 0.6 is 0 Å². The Kier molecular flexibility index (Phi) is 5.80. The average Bonchev–Trinajstić information content (AvgIpc) is 2.53. The molecule has 1 aliphatic rings. The van der Waals surface area contributed by atoms with E-state index in [1.54, 1.807) is 23.1 Å². The molecule has 2 amide bonds. The van der Waals surface area contributed by atoms with Crippen molar-refractivity contribution in [3.63, 3.8) is 0 Å². The second-order valence-corrected chi connectivity index (χ2v) is 4.93. The largest absolute Gasteiger partial charge is 0.489 e. The van der Waals surface area contributed by atoms with Crippen LogP contribution in [0, 0.1) is 5.82 Å². The number of ether oxygens (including phenoxy) is 1. The maximum Gasteiger partial charge on any atom is 0.317 e. The molecular weight excluding hydrogens is 273 g/mol. The Morgan fingerprint density at radius 1 is 1.29 bits per heavy atom. The minimum absolute atomic E-state index is 0.0807. The minimum Gasteiger partial charge on any atom is -0.489 e. The summed E-state index contributed by atoms with van der Waals surface area (Å²) in [6, 6.07) is 6.16. The number of halogens is 1. The van der Waals surface area contributed by atoms with Crippen molar-refractivity contribution in [3.05, 3.63) is 30.1 Å². The van der Waals surface area contributed by atoms with Crippen molar-refractivity contribution in [2.75, 3.05) is 45.9 Å². The molecule has 1 saturated heterocycles. The van der Waals surface area contributed by atoms with Crippen LogP contribution in [0.4, 0.5) is 9.18 Å². The van der Waals surface area contributed by atoms with Gasteiger partial charge in [-0.15, -0.1) is 0 Å². The van der Waals surface area contributed by atoms with Crippen molar-refractivity contribution < 1.29 is 13.9 Å². The third-order valence-electron chi connectivity index (χ3n) is 3.58. The van der Waals surface area contributed by atoms with Gasteiger partial charge in [0.05, 0.1) is 6.54 Å². The Labute approximate surface area is 124 Å². The zero-order valence-corrected chi connectivity index (χ0v) is 12.3. The van der Waals surface area contributed by atoms with E-state index < -0.39 is 0 Å². The van der Waals surface area contributed by atoms with Crippen LogP contribution in [-0.4, -0.2) is 61.7 Å². The second kappa shape index (κ2) is 7.83. The smallest absolute Gasteiger partial charge is 0.317 e. The van der Waals surface area contributed by atoms with Crippen LogP contribution in [0.2, 0.25) is 0 Å². The lowest BCUT2D eigenvalue weighted by Gasteiger charge is -2.33. The normalized spacial score (nSPS) is 15.8. The lowest BCUT2D eigenvalue weighted by molar-refractivity contribution is 0.142. The van der Waals surface area contributed by atoms with Crippen LogP contribution < -0.4 is 10.1 Å². The summed E-state index contributed by atoms with van der Waals surface area (Å²) in [4.78, 5) is 16.0. The number of para-hydroxylation sites is 1. The first-order valence-electron chi connectivity index (χ1n) is 7.33. The summed E-state index contributed by atoms with van der Waals surface area (Å²) in [6.07, 6.45) is 0. The number of carbonyl (C=O) groups is 1. The third kappa shape index (κ3) is 4.60. The predicted octanol–water partition coefficient (Wildman–Crippen LogP) is 1.55. The summed E-state index contributed by atoms with van der Waals surface area (Å²) in [5.74, 6) is -0.178. The molecule has 1 aromatic carbocycles. The second-order valence-electron chi connectivity index (χ2n) is 4.93. The third-order valence-corrected chi connectivity index (χ3v) is 3.58. The molecule has 0 aliphatic carbocycles. The fraction of sp³-hybridized carbons (Fsp3) is 0.533. The number of amides is 2. The molecule has 1 N–H and O–H groups in total. The van der Waals surface area contributed by atoms with Gasteiger partial charge < -0.3 is 19.9 Å². The van der Waals surface area contributed by atoms with Crippen molar-refractivity contribution in [1.29, 1.82) is 0 Å². The summed E-state index contributed by atoms with van der Waals surface area (Å²) < 4.78 is 18.6. The molecule has 1 aliphatic heterocycles. The van der Waals surface area contributed by atoms with Crippen LogP contribution in [0.15, 0.2) is 24.3 Å². The summed E-state index contributed by atoms with van der Waals surface area (Å²) in [5, 5.41) is 2.80. The highest BCUT2D eigenvalue weighted by atomic mass is 19.1. The summed E-state index contributed by atoms with van der Waals surface area (Å²) >= 11 is 0. The van der Waals surface area contributed by atoms with E-state index in [2.05, 4.69) is 17.1 Å². The van der Waals surface area contributed by atoms with Gasteiger partial charge in [0.1, 0.15) is 6.61 Å². The highest BCUT2D eigenvalue weighted by Gasteiger charge is 2.19. The first kappa shape index (κ1) is 15.6. The summed E-state index contributed by atoms with van der Waals surface area (Å²) in [7, 11) is 0. The van der Waals surface area contributed by atoms with Crippen LogP contribution in [0.25, 0.3) is 0 Å². The Hall–Kier alpha value is -1.82. The fourth-order valence-corrected chi connectivity index (χ4v) is 2.26. The van der Waals surface area contributed by atoms with E-state index >= 15 is 0 Å². The fourth-order valence-electron chi connectivity index (χ4n) is 2.26. The van der Waals surface area contributed by atoms with Crippen molar-refractivity contribution in [3.8, 4) is 5.75 Å². The number of nitrogens with one attached hydrogen (secondary N) is 1. The Morgan fingerprint density at radius 2 is 2.00 bits per heavy atom. The van der Waals surface area contributed by atoms with Crippen LogP contribution in [0.1, 0.15) is 6.92 Å². The average molecular weight is 295 g/mol. The molecular formula is C15H22FN3O2. The summed E-state index contributed by atoms with van der Waals surface area (Å²) in [6.45, 7) is 7.07. The van der Waals surface area contributed by atoms with Gasteiger partial charge in [-0.25, -0.2) is 9.18 Å². The maximum atomic E-state index is 13.3. The minimum atomic E-state index is -0.389. The molecule has 0 aromatic heterocycles. The number of piperazine rings is 1. The predicted molar refractivity (Wildman–Crippen MR) is 79.0 cm³/mol. The zero-order chi connectivity index (χ0) is 15.1. The van der Waals surface area contributed by atoms with E-state index in [9.17, 15) is 9.18 Å². The zero-order valence-electron chi connectivity index (χ0n) is 12.3. The van der Waals surface area contributed by atoms with E-state index in [-0.39, 0.29) is 24.2 Å². The molecule has 0 atom stereocenters. The Morgan fingerprint density at radius 3 is 2.67 bits per heavy atom. The van der Waals surface area contributed by atoms with Gasteiger partial charge in [0.25, 0.3) is 0 Å². The topological polar surface area (TPSA) is 44.8 Å². The van der Waals surface area contributed by atoms with E-state index in [0.717, 1.165) is 32.7 Å². The summed E-state index contributed by atoms with van der Waals surface area (Å²) in [5.41, 5.74) is 0. The van der Waals surface area contributed by atoms with E-state index in [1.165, 1.54) is 6.07 Å². The maximum absolute atomic E-state index is 13.3. The molecule has 0 bridgehead atoms. The standard InChI is InChI=1S/C15H22FN3O2/c1-2-18-8-10-19(11-9-18)15(20)17-7-12-21-14-6-4-3-5-13(14)16/h3-6H,2,7-12H2,1H3,(H,17,20). The van der Waals surface area contributed by atoms with Gasteiger partial charge in [-0.2, -0.15) is 0 Å². The first-order chi connectivity index (χ1) is 10.2. The monoisotopic (exact) mass is 295 g/mol. The quantitative estimate of drug-likeness (QED) is 0.838. The Balaban J connectivity index is 1.65. The number of hydrogen-bond donors (Lipinski definition) is 1. The number of carbonyl (C=O) groups excluding carboxylic acids is 1. The van der Waals surface area contributed by atoms with Crippen molar-refractivity contribution in [2.45, 2.75) is 6.92 Å². The van der Waals surface area contributed by atoms with Crippen molar-refractivity contribution >= 4 is 6.03 Å². The van der Waals surface area contributed by atoms with Crippen molar-refractivity contribution in [1.82, 2.24) is 15.1 Å². The molecule has 5 nitrogen and oxygen atoms in total. The lowest BCUT2D eigenvalue weighted by atomic mass is 10.3. The molecule has 1 aromatic rings. The molecule has 0 saturated carbocycles. The number of benzene rings is 1. The number of likely N-dealkylation sites (N-methyl/N-ethyl adjacent to an activating group) is 1. The first-order valence-corrected chi connectivity index (χ1v) is 7.33. The van der Waals surface area contributed by atoms with Crippen molar-refractivity contribution in [2.24, 2.45) is 0 Å². The molecule has 1 fully saturated rings. The molecule has 6 heteroatoms. The van der Waals surface area contributed by atoms with Crippen LogP contribution in [-0.2, 0) is 0 Å². The van der Waals surface area contributed by atoms with Crippen LogP contribution in [0.5, 0.6) is 5.75 Å². The molecule has 116 valence electrons. The van der Waals surface area contributed by atoms with E-state index in [4.69, 9.17) is 4.74 Å². The SMILES string of the molecule is CCN1CCN(C(=O)NCCOc2ccccc2F)CC1. The molecule has 21 heavy (non-hydrogen) atoms. The van der Waals surface area contributed by atoms with E-state index in [0.29, 0.717) is 6.54 Å². The number of nitrogens with zero attached hydrogens (tertiary/aromatic N) is 2. The number of hydrogen-bond acceptors (Lipinski definition) is 3. The number of urea groups is 1. The van der Waals surface area contributed by atoms with E-state index in [1.807, 2.05) is 0 Å². The van der Waals surface area contributed by atoms with Gasteiger partial charge in [0.15, 0.2) is 11.6 Å². The van der Waals surface area contributed by atoms with Gasteiger partial charge in [0.2, 0.25) is 0 Å². The van der Waals surface area contributed by atoms with Gasteiger partial charge in [-0.1, -0.05) is 19.1 Å². The van der Waals surface area contributed by atoms with Gasteiger partial charge in [-0.05, 0) is 18.7 Å². The number of rotatable bonds is 5. The van der Waals surface area contributed by atoms with Crippen LogP contribution in [0.3, 0.4) is 0 Å². The molecule has 1 heterocycles. The molecule has 0 unspecified atom stereocenters. The molecule has 2 rings (SSSR count). The molecule has 0 spiro atoms. The van der Waals surface area contributed by atoms with Gasteiger partial charge in [-0.3, -0.25) is 0 Å². The lowest BCUT2D eigenvalue weighted by Crippen LogP contribution is -2.52. The highest BCUT2D eigenvalue weighted by molar-refractivity contribution is 5.74. The van der Waals surface area contributed by atoms with Gasteiger partial charge in [0, 0.05) is 26.2 Å². The Bertz CT molecular complexity index is 462. The van der Waals surface area contributed by atoms with Gasteiger partial charge >= 0.3 is 6.03 Å². The molecule has 0 radical (unpaired) electrons.